The summed E-state index contributed by atoms with van der Waals surface area (Å²) in [6.45, 7) is 6.14. The van der Waals surface area contributed by atoms with E-state index in [9.17, 15) is 9.59 Å². The van der Waals surface area contributed by atoms with Crippen LogP contribution in [0.5, 0.6) is 0 Å². The fraction of sp³-hybridized carbons (Fsp3) is 0.846. The average Bonchev–Trinajstić information content (AvgIpc) is 3.07. The summed E-state index contributed by atoms with van der Waals surface area (Å²) in [5.41, 5.74) is -0.584. The minimum absolute atomic E-state index is 0.00751. The van der Waals surface area contributed by atoms with Gasteiger partial charge in [0.15, 0.2) is 0 Å². The number of carbonyl (C=O) groups excluding carboxylic acids is 2. The molecular weight excluding hydrogens is 355 g/mol. The molecule has 0 spiro atoms. The predicted molar refractivity (Wildman–Crippen MR) is 83.3 cm³/mol. The zero-order chi connectivity index (χ0) is 16.7. The maximum atomic E-state index is 12.2. The van der Waals surface area contributed by atoms with Crippen molar-refractivity contribution >= 4 is 46.8 Å². The van der Waals surface area contributed by atoms with Crippen LogP contribution in [0.4, 0.5) is 4.79 Å². The summed E-state index contributed by atoms with van der Waals surface area (Å²) in [7, 11) is 0. The quantitative estimate of drug-likeness (QED) is 0.565. The lowest BCUT2D eigenvalue weighted by Crippen LogP contribution is -2.51. The second-order valence-corrected chi connectivity index (χ2v) is 8.71. The Morgan fingerprint density at radius 2 is 1.91 bits per heavy atom. The van der Waals surface area contributed by atoms with E-state index in [-0.39, 0.29) is 18.8 Å². The average molecular weight is 374 g/mol. The summed E-state index contributed by atoms with van der Waals surface area (Å²) < 4.78 is 8.80. The van der Waals surface area contributed by atoms with Gasteiger partial charge in [-0.15, -0.1) is 0 Å². The minimum atomic E-state index is -2.05. The molecule has 3 atom stereocenters. The van der Waals surface area contributed by atoms with Crippen molar-refractivity contribution in [3.8, 4) is 0 Å². The smallest absolute Gasteiger partial charge is 0.410 e. The van der Waals surface area contributed by atoms with E-state index >= 15 is 0 Å². The van der Waals surface area contributed by atoms with Crippen LogP contribution in [0.15, 0.2) is 0 Å². The Bertz CT molecular complexity index is 461. The second-order valence-electron chi connectivity index (χ2n) is 6.43. The number of amides is 2. The number of alkyl halides is 3. The molecular formula is C13H19Cl3N2O4. The first-order valence-electron chi connectivity index (χ1n) is 6.98. The number of hydrogen-bond acceptors (Lipinski definition) is 4. The number of likely N-dealkylation sites (tertiary alicyclic amines) is 1. The number of nitrogens with one attached hydrogen (secondary N) is 1. The number of nitrogens with zero attached hydrogens (tertiary/aromatic N) is 1. The van der Waals surface area contributed by atoms with Crippen LogP contribution in [0.25, 0.3) is 0 Å². The Morgan fingerprint density at radius 1 is 1.27 bits per heavy atom. The fourth-order valence-electron chi connectivity index (χ4n) is 2.33. The van der Waals surface area contributed by atoms with E-state index in [0.717, 1.165) is 0 Å². The van der Waals surface area contributed by atoms with E-state index in [0.29, 0.717) is 13.0 Å². The second kappa shape index (κ2) is 6.23. The fourth-order valence-corrected chi connectivity index (χ4v) is 2.49. The van der Waals surface area contributed by atoms with Gasteiger partial charge >= 0.3 is 6.09 Å². The van der Waals surface area contributed by atoms with Crippen LogP contribution < -0.4 is 5.32 Å². The van der Waals surface area contributed by atoms with Crippen molar-refractivity contribution < 1.29 is 19.1 Å². The van der Waals surface area contributed by atoms with Crippen LogP contribution in [0.1, 0.15) is 27.2 Å². The van der Waals surface area contributed by atoms with Crippen LogP contribution >= 0.6 is 34.8 Å². The van der Waals surface area contributed by atoms with Gasteiger partial charge in [-0.1, -0.05) is 34.8 Å². The maximum absolute atomic E-state index is 12.2. The zero-order valence-electron chi connectivity index (χ0n) is 12.6. The third-order valence-electron chi connectivity index (χ3n) is 3.34. The number of hydrogen-bond donors (Lipinski definition) is 1. The minimum Gasteiger partial charge on any atom is -0.444 e. The van der Waals surface area contributed by atoms with Crippen molar-refractivity contribution in [1.82, 2.24) is 10.2 Å². The molecule has 2 heterocycles. The summed E-state index contributed by atoms with van der Waals surface area (Å²) in [5, 5.41) is 2.63. The largest absolute Gasteiger partial charge is 0.444 e. The molecule has 0 aromatic rings. The Morgan fingerprint density at radius 3 is 2.45 bits per heavy atom. The van der Waals surface area contributed by atoms with Crippen LogP contribution in [0, 0.1) is 0 Å². The lowest BCUT2D eigenvalue weighted by atomic mass is 10.1. The van der Waals surface area contributed by atoms with E-state index in [1.807, 2.05) is 0 Å². The number of fused-ring (bicyclic) bond motifs is 1. The topological polar surface area (TPSA) is 71.2 Å². The lowest BCUT2D eigenvalue weighted by molar-refractivity contribution is -0.121. The summed E-state index contributed by atoms with van der Waals surface area (Å²) in [5.74, 6) is -0.734. The molecule has 1 N–H and O–H groups in total. The standard InChI is InChI=1S/C13H19Cl3N2O4/c1-12(2,3)22-11(20)18-5-4-8-9(21-8)7(6-18)17-10(19)13(14,15)16/h7-9H,4-6H2,1-3H3,(H,17,19)/t7-,8+,9-/m0/s1. The molecule has 2 rings (SSSR count). The van der Waals surface area contributed by atoms with E-state index in [2.05, 4.69) is 5.32 Å². The molecule has 2 amide bonds. The summed E-state index contributed by atoms with van der Waals surface area (Å²) in [6.07, 6.45) is 0.100. The Kier molecular flexibility index (Phi) is 5.07. The van der Waals surface area contributed by atoms with E-state index in [1.165, 1.54) is 0 Å². The molecule has 0 unspecified atom stereocenters. The third-order valence-corrected chi connectivity index (χ3v) is 3.86. The maximum Gasteiger partial charge on any atom is 0.410 e. The monoisotopic (exact) mass is 372 g/mol. The first-order chi connectivity index (χ1) is 9.97. The van der Waals surface area contributed by atoms with Crippen molar-refractivity contribution in [2.75, 3.05) is 13.1 Å². The van der Waals surface area contributed by atoms with Crippen LogP contribution in [0.3, 0.4) is 0 Å². The van der Waals surface area contributed by atoms with Gasteiger partial charge in [0.25, 0.3) is 9.70 Å². The van der Waals surface area contributed by atoms with Crippen LogP contribution in [0.2, 0.25) is 0 Å². The van der Waals surface area contributed by atoms with Crippen molar-refractivity contribution in [2.45, 2.75) is 54.8 Å². The van der Waals surface area contributed by atoms with Gasteiger partial charge in [-0.2, -0.15) is 0 Å². The molecule has 0 saturated carbocycles. The molecule has 2 fully saturated rings. The van der Waals surface area contributed by atoms with Gasteiger partial charge in [-0.05, 0) is 27.2 Å². The van der Waals surface area contributed by atoms with Gasteiger partial charge in [0.05, 0.1) is 12.1 Å². The highest BCUT2D eigenvalue weighted by atomic mass is 35.6. The van der Waals surface area contributed by atoms with Crippen molar-refractivity contribution in [3.05, 3.63) is 0 Å². The van der Waals surface area contributed by atoms with Gasteiger partial charge in [0.2, 0.25) is 0 Å². The predicted octanol–water partition coefficient (Wildman–Crippen LogP) is 2.25. The number of epoxide rings is 1. The molecule has 22 heavy (non-hydrogen) atoms. The van der Waals surface area contributed by atoms with E-state index < -0.39 is 27.4 Å². The van der Waals surface area contributed by atoms with Gasteiger partial charge in [-0.3, -0.25) is 4.79 Å². The molecule has 2 saturated heterocycles. The molecule has 9 heteroatoms. The SMILES string of the molecule is CC(C)(C)OC(=O)N1CC[C@H]2O[C@H]2[C@@H](NC(=O)C(Cl)(Cl)Cl)C1. The Labute approximate surface area is 144 Å². The molecule has 0 aliphatic carbocycles. The molecule has 2 aliphatic heterocycles. The van der Waals surface area contributed by atoms with Crippen molar-refractivity contribution in [3.63, 3.8) is 0 Å². The molecule has 6 nitrogen and oxygen atoms in total. The van der Waals surface area contributed by atoms with Crippen molar-refractivity contribution in [1.29, 1.82) is 0 Å². The molecule has 126 valence electrons. The van der Waals surface area contributed by atoms with Gasteiger partial charge in [0.1, 0.15) is 11.7 Å². The molecule has 0 aromatic carbocycles. The normalized spacial score (nSPS) is 28.5. The third kappa shape index (κ3) is 4.78. The number of carbonyl (C=O) groups is 2. The molecule has 0 radical (unpaired) electrons. The highest BCUT2D eigenvalue weighted by Crippen LogP contribution is 2.33. The Balaban J connectivity index is 2.01. The number of halogens is 3. The van der Waals surface area contributed by atoms with E-state index in [4.69, 9.17) is 44.3 Å². The van der Waals surface area contributed by atoms with E-state index in [1.54, 1.807) is 25.7 Å². The molecule has 0 bridgehead atoms. The summed E-state index contributed by atoms with van der Waals surface area (Å²) in [4.78, 5) is 25.6. The molecule has 0 aromatic heterocycles. The van der Waals surface area contributed by atoms with Crippen LogP contribution in [-0.4, -0.2) is 57.6 Å². The highest BCUT2D eigenvalue weighted by molar-refractivity contribution is 6.76. The lowest BCUT2D eigenvalue weighted by Gasteiger charge is -2.29. The number of rotatable bonds is 1. The highest BCUT2D eigenvalue weighted by Gasteiger charge is 2.50. The van der Waals surface area contributed by atoms with Gasteiger partial charge in [0, 0.05) is 13.1 Å². The zero-order valence-corrected chi connectivity index (χ0v) is 14.8. The number of ether oxygens (including phenoxy) is 2. The molecule has 2 aliphatic rings. The van der Waals surface area contributed by atoms with Gasteiger partial charge in [-0.25, -0.2) is 4.79 Å². The van der Waals surface area contributed by atoms with Gasteiger partial charge < -0.3 is 19.7 Å². The summed E-state index contributed by atoms with van der Waals surface area (Å²) in [6, 6.07) is -0.428. The first kappa shape index (κ1) is 17.9. The Hall–Kier alpha value is -0.430. The summed E-state index contributed by atoms with van der Waals surface area (Å²) >= 11 is 16.7. The van der Waals surface area contributed by atoms with Crippen LogP contribution in [-0.2, 0) is 14.3 Å². The first-order valence-corrected chi connectivity index (χ1v) is 8.12. The van der Waals surface area contributed by atoms with Crippen molar-refractivity contribution in [2.24, 2.45) is 0 Å².